The highest BCUT2D eigenvalue weighted by Crippen LogP contribution is 2.36. The molecule has 8 nitrogen and oxygen atoms in total. The number of rotatable bonds is 2. The van der Waals surface area contributed by atoms with E-state index < -0.39 is 0 Å². The molecule has 7 rings (SSSR count). The molecule has 4 aromatic rings. The van der Waals surface area contributed by atoms with Gasteiger partial charge in [0.05, 0.1) is 24.2 Å². The van der Waals surface area contributed by atoms with E-state index in [1.807, 2.05) is 0 Å². The zero-order valence-electron chi connectivity index (χ0n) is 25.0. The fourth-order valence-corrected chi connectivity index (χ4v) is 6.32. The van der Waals surface area contributed by atoms with Gasteiger partial charge in [0.1, 0.15) is 0 Å². The number of Topliss-reactive ketones (excluding diaryl/α,β-unsaturated/α-hetero) is 4. The predicted molar refractivity (Wildman–Crippen MR) is 173 cm³/mol. The topological polar surface area (TPSA) is 109 Å². The first kappa shape index (κ1) is 28.7. The van der Waals surface area contributed by atoms with E-state index >= 15 is 0 Å². The number of amides is 2. The van der Waals surface area contributed by atoms with Crippen molar-refractivity contribution in [1.29, 1.82) is 0 Å². The van der Waals surface area contributed by atoms with Gasteiger partial charge in [-0.05, 0) is 46.5 Å². The van der Waals surface area contributed by atoms with Crippen molar-refractivity contribution in [2.45, 2.75) is 26.9 Å². The van der Waals surface area contributed by atoms with Gasteiger partial charge in [-0.25, -0.2) is 0 Å². The summed E-state index contributed by atoms with van der Waals surface area (Å²) in [5, 5.41) is 0. The molecule has 0 spiro atoms. The normalized spacial score (nSPS) is 15.2. The van der Waals surface area contributed by atoms with Gasteiger partial charge in [0, 0.05) is 47.5 Å². The highest BCUT2D eigenvalue weighted by molar-refractivity contribution is 6.42. The molecule has 0 radical (unpaired) electrons. The van der Waals surface area contributed by atoms with Gasteiger partial charge in [0.15, 0.2) is 23.1 Å². The lowest BCUT2D eigenvalue weighted by atomic mass is 9.98. The molecule has 0 aromatic heterocycles. The van der Waals surface area contributed by atoms with Gasteiger partial charge in [0.2, 0.25) is 11.8 Å². The highest BCUT2D eigenvalue weighted by Gasteiger charge is 2.34. The number of fused-ring (bicyclic) bond motifs is 4. The number of nitrogens with zero attached hydrogens (tertiary/aromatic N) is 2. The van der Waals surface area contributed by atoms with Crippen LogP contribution in [0.15, 0.2) is 96.1 Å². The van der Waals surface area contributed by atoms with Gasteiger partial charge in [-0.2, -0.15) is 0 Å². The molecule has 1 heterocycles. The molecule has 8 heteroatoms. The van der Waals surface area contributed by atoms with Crippen molar-refractivity contribution < 1.29 is 28.8 Å². The van der Waals surface area contributed by atoms with Crippen molar-refractivity contribution >= 4 is 58.5 Å². The minimum Gasteiger partial charge on any atom is -0.308 e. The monoisotopic (exact) mass is 606 g/mol. The smallest absolute Gasteiger partial charge is 0.224 e. The zero-order chi connectivity index (χ0) is 32.3. The Kier molecular flexibility index (Phi) is 6.78. The first-order chi connectivity index (χ1) is 22.1. The first-order valence-electron chi connectivity index (χ1n) is 14.7. The molecule has 1 aliphatic heterocycles. The van der Waals surface area contributed by atoms with Gasteiger partial charge in [0.25, 0.3) is 0 Å². The average Bonchev–Trinajstić information content (AvgIpc) is 3.42. The van der Waals surface area contributed by atoms with Gasteiger partial charge >= 0.3 is 0 Å². The lowest BCUT2D eigenvalue weighted by molar-refractivity contribution is -0.117. The maximum absolute atomic E-state index is 13.1. The summed E-state index contributed by atoms with van der Waals surface area (Å²) in [7, 11) is 0. The maximum Gasteiger partial charge on any atom is 0.224 e. The van der Waals surface area contributed by atoms with Crippen LogP contribution in [0.3, 0.4) is 0 Å². The van der Waals surface area contributed by atoms with Gasteiger partial charge < -0.3 is 9.80 Å². The van der Waals surface area contributed by atoms with Crippen molar-refractivity contribution in [2.24, 2.45) is 0 Å². The van der Waals surface area contributed by atoms with E-state index in [0.717, 1.165) is 0 Å². The number of ketones is 4. The van der Waals surface area contributed by atoms with Crippen LogP contribution in [0.1, 0.15) is 77.5 Å². The number of hydrogen-bond acceptors (Lipinski definition) is 6. The standard InChI is InChI=1S/C38H26N2O6/c1-21(41)39-19-25-13-11-24(16-32-37(45)29-9-5-6-10-30(29)38(32)46)18-34(25)40(22(2)42)20-26-14-12-23(17-33(26)39)15-31-35(43)27-7-3-4-8-28(27)36(31)44/h3-18H,19-20H2,1-2H3. The maximum atomic E-state index is 13.1. The summed E-state index contributed by atoms with van der Waals surface area (Å²) in [6, 6.07) is 24.0. The van der Waals surface area contributed by atoms with Gasteiger partial charge in [-0.3, -0.25) is 28.8 Å². The van der Waals surface area contributed by atoms with E-state index in [4.69, 9.17) is 0 Å². The lowest BCUT2D eigenvalue weighted by Crippen LogP contribution is -2.36. The highest BCUT2D eigenvalue weighted by atomic mass is 16.2. The second-order valence-electron chi connectivity index (χ2n) is 11.5. The van der Waals surface area contributed by atoms with Crippen LogP contribution in [0, 0.1) is 0 Å². The van der Waals surface area contributed by atoms with E-state index in [-0.39, 0.29) is 59.2 Å². The third kappa shape index (κ3) is 4.62. The van der Waals surface area contributed by atoms with E-state index in [1.165, 1.54) is 13.8 Å². The van der Waals surface area contributed by atoms with Crippen molar-refractivity contribution in [2.75, 3.05) is 9.80 Å². The molecular formula is C38H26N2O6. The zero-order valence-corrected chi connectivity index (χ0v) is 25.0. The third-order valence-electron chi connectivity index (χ3n) is 8.65. The Hall–Kier alpha value is -6.02. The molecule has 2 amide bonds. The molecule has 4 aromatic carbocycles. The Balaban J connectivity index is 1.28. The minimum absolute atomic E-state index is 0.0565. The Labute approximate surface area is 264 Å². The second-order valence-corrected chi connectivity index (χ2v) is 11.5. The number of carbonyl (C=O) groups excluding carboxylic acids is 6. The number of hydrogen-bond donors (Lipinski definition) is 0. The average molecular weight is 607 g/mol. The second kappa shape index (κ2) is 10.9. The Morgan fingerprint density at radius 2 is 0.848 bits per heavy atom. The molecule has 0 saturated heterocycles. The molecule has 0 fully saturated rings. The molecule has 0 atom stereocenters. The van der Waals surface area contributed by atoms with Crippen LogP contribution in [0.25, 0.3) is 12.2 Å². The van der Waals surface area contributed by atoms with Gasteiger partial charge in [-0.1, -0.05) is 72.8 Å². The summed E-state index contributed by atoms with van der Waals surface area (Å²) >= 11 is 0. The number of carbonyl (C=O) groups is 6. The first-order valence-corrected chi connectivity index (χ1v) is 14.7. The van der Waals surface area contributed by atoms with E-state index in [9.17, 15) is 28.8 Å². The number of allylic oxidation sites excluding steroid dienone is 2. The van der Waals surface area contributed by atoms with Crippen LogP contribution in [-0.2, 0) is 22.7 Å². The molecule has 2 aliphatic carbocycles. The quantitative estimate of drug-likeness (QED) is 0.204. The van der Waals surface area contributed by atoms with Crippen LogP contribution in [-0.4, -0.2) is 34.9 Å². The third-order valence-corrected chi connectivity index (χ3v) is 8.65. The van der Waals surface area contributed by atoms with Crippen molar-refractivity contribution in [1.82, 2.24) is 0 Å². The van der Waals surface area contributed by atoms with Crippen molar-refractivity contribution in [3.8, 4) is 0 Å². The fraction of sp³-hybridized carbons (Fsp3) is 0.105. The summed E-state index contributed by atoms with van der Waals surface area (Å²) in [6.07, 6.45) is 3.09. The molecule has 0 unspecified atom stereocenters. The minimum atomic E-state index is -0.344. The molecule has 3 aliphatic rings. The molecule has 0 saturated carbocycles. The lowest BCUT2D eigenvalue weighted by Gasteiger charge is -2.33. The van der Waals surface area contributed by atoms with Crippen LogP contribution in [0.4, 0.5) is 11.4 Å². The van der Waals surface area contributed by atoms with E-state index in [0.29, 0.717) is 55.9 Å². The Morgan fingerprint density at radius 1 is 0.522 bits per heavy atom. The summed E-state index contributed by atoms with van der Waals surface area (Å²) in [4.78, 5) is 81.4. The van der Waals surface area contributed by atoms with Crippen LogP contribution < -0.4 is 9.80 Å². The Morgan fingerprint density at radius 3 is 1.15 bits per heavy atom. The van der Waals surface area contributed by atoms with Crippen molar-refractivity contribution in [3.05, 3.63) is 141 Å². The molecule has 224 valence electrons. The van der Waals surface area contributed by atoms with Crippen LogP contribution in [0.5, 0.6) is 0 Å². The predicted octanol–water partition coefficient (Wildman–Crippen LogP) is 6.03. The molecule has 0 bridgehead atoms. The summed E-state index contributed by atoms with van der Waals surface area (Å²) < 4.78 is 0. The van der Waals surface area contributed by atoms with Crippen LogP contribution >= 0.6 is 0 Å². The van der Waals surface area contributed by atoms with Crippen molar-refractivity contribution in [3.63, 3.8) is 0 Å². The molecule has 0 N–H and O–H groups in total. The van der Waals surface area contributed by atoms with Gasteiger partial charge in [-0.15, -0.1) is 0 Å². The number of anilines is 2. The summed E-state index contributed by atoms with van der Waals surface area (Å²) in [6.45, 7) is 3.16. The van der Waals surface area contributed by atoms with E-state index in [2.05, 4.69) is 0 Å². The summed E-state index contributed by atoms with van der Waals surface area (Å²) in [5.74, 6) is -1.85. The van der Waals surface area contributed by atoms with Crippen LogP contribution in [0.2, 0.25) is 0 Å². The molecular weight excluding hydrogens is 580 g/mol. The number of benzene rings is 4. The summed E-state index contributed by atoms with van der Waals surface area (Å²) in [5.41, 5.74) is 5.20. The largest absolute Gasteiger partial charge is 0.308 e. The SMILES string of the molecule is CC(=O)N1Cc2ccc(C=C3C(=O)c4ccccc4C3=O)cc2N(C(C)=O)Cc2ccc(C=C3C(=O)c4ccccc4C3=O)cc21. The Bertz CT molecular complexity index is 1930. The van der Waals surface area contributed by atoms with E-state index in [1.54, 1.807) is 107 Å². The fourth-order valence-electron chi connectivity index (χ4n) is 6.32. The molecule has 46 heavy (non-hydrogen) atoms.